The largest absolute Gasteiger partial charge is 0.314 e. The molecule has 3 aromatic carbocycles. The lowest BCUT2D eigenvalue weighted by Gasteiger charge is -2.40. The zero-order chi connectivity index (χ0) is 20.3. The smallest absolute Gasteiger partial charge is 0.121 e. The molecular formula is C26H23N3. The molecule has 142 valence electrons. The molecule has 0 saturated carbocycles. The van der Waals surface area contributed by atoms with E-state index >= 15 is 0 Å². The van der Waals surface area contributed by atoms with Crippen LogP contribution in [-0.4, -0.2) is 9.55 Å². The quantitative estimate of drug-likeness (QED) is 0.429. The zero-order valence-corrected chi connectivity index (χ0v) is 16.7. The molecule has 0 atom stereocenters. The average molecular weight is 377 g/mol. The van der Waals surface area contributed by atoms with Gasteiger partial charge in [0, 0.05) is 6.20 Å². The molecule has 0 saturated heterocycles. The first kappa shape index (κ1) is 18.7. The summed E-state index contributed by atoms with van der Waals surface area (Å²) in [6.07, 6.45) is 3.66. The first-order valence-corrected chi connectivity index (χ1v) is 9.72. The Kier molecular flexibility index (Phi) is 4.78. The zero-order valence-electron chi connectivity index (χ0n) is 16.7. The van der Waals surface area contributed by atoms with Crippen LogP contribution in [0.5, 0.6) is 0 Å². The number of imidazole rings is 1. The summed E-state index contributed by atoms with van der Waals surface area (Å²) >= 11 is 0. The highest BCUT2D eigenvalue weighted by Crippen LogP contribution is 2.43. The molecule has 0 radical (unpaired) electrons. The van der Waals surface area contributed by atoms with E-state index in [-0.39, 0.29) is 0 Å². The standard InChI is InChI=1S/C26H23N3/c1-25(2,19-27)24-18-28-20-29(24)26(21-12-6-3-7-13-21,22-14-8-4-9-15-22)23-16-10-5-11-17-23/h3-18,20H,1-2H3. The number of hydrogen-bond acceptors (Lipinski definition) is 2. The van der Waals surface area contributed by atoms with Crippen molar-refractivity contribution >= 4 is 0 Å². The van der Waals surface area contributed by atoms with Gasteiger partial charge in [0.2, 0.25) is 0 Å². The van der Waals surface area contributed by atoms with Crippen LogP contribution in [-0.2, 0) is 11.0 Å². The Morgan fingerprint density at radius 2 is 1.14 bits per heavy atom. The number of benzene rings is 3. The normalized spacial score (nSPS) is 11.8. The van der Waals surface area contributed by atoms with Gasteiger partial charge in [-0.25, -0.2) is 4.98 Å². The molecule has 0 N–H and O–H groups in total. The second kappa shape index (κ2) is 7.41. The van der Waals surface area contributed by atoms with Gasteiger partial charge in [-0.2, -0.15) is 5.26 Å². The third kappa shape index (κ3) is 3.03. The van der Waals surface area contributed by atoms with E-state index in [1.54, 1.807) is 0 Å². The lowest BCUT2D eigenvalue weighted by Crippen LogP contribution is -2.40. The van der Waals surface area contributed by atoms with Gasteiger partial charge in [-0.3, -0.25) is 0 Å². The summed E-state index contributed by atoms with van der Waals surface area (Å²) < 4.78 is 2.16. The maximum atomic E-state index is 9.88. The van der Waals surface area contributed by atoms with E-state index in [2.05, 4.69) is 88.4 Å². The highest BCUT2D eigenvalue weighted by atomic mass is 15.1. The third-order valence-corrected chi connectivity index (χ3v) is 5.49. The maximum Gasteiger partial charge on any atom is 0.121 e. The number of hydrogen-bond donors (Lipinski definition) is 0. The highest BCUT2D eigenvalue weighted by molar-refractivity contribution is 5.51. The van der Waals surface area contributed by atoms with E-state index in [0.29, 0.717) is 0 Å². The Bertz CT molecular complexity index is 1020. The molecule has 0 aliphatic heterocycles. The molecular weight excluding hydrogens is 354 g/mol. The number of nitrogens with zero attached hydrogens (tertiary/aromatic N) is 3. The van der Waals surface area contributed by atoms with Gasteiger partial charge in [0.1, 0.15) is 5.54 Å². The van der Waals surface area contributed by atoms with Crippen LogP contribution in [0.15, 0.2) is 104 Å². The molecule has 0 unspecified atom stereocenters. The van der Waals surface area contributed by atoms with Crippen molar-refractivity contribution in [2.75, 3.05) is 0 Å². The first-order chi connectivity index (χ1) is 14.1. The minimum Gasteiger partial charge on any atom is -0.314 e. The van der Waals surface area contributed by atoms with Crippen molar-refractivity contribution in [3.8, 4) is 6.07 Å². The fraction of sp³-hybridized carbons (Fsp3) is 0.154. The summed E-state index contributed by atoms with van der Waals surface area (Å²) in [5.41, 5.74) is 2.88. The van der Waals surface area contributed by atoms with E-state index in [4.69, 9.17) is 0 Å². The summed E-state index contributed by atoms with van der Waals surface area (Å²) in [7, 11) is 0. The Hall–Kier alpha value is -3.64. The first-order valence-electron chi connectivity index (χ1n) is 9.72. The molecule has 4 aromatic rings. The fourth-order valence-electron chi connectivity index (χ4n) is 4.04. The van der Waals surface area contributed by atoms with Gasteiger partial charge in [0.15, 0.2) is 0 Å². The molecule has 1 aromatic heterocycles. The van der Waals surface area contributed by atoms with Crippen LogP contribution >= 0.6 is 0 Å². The molecule has 0 fully saturated rings. The van der Waals surface area contributed by atoms with E-state index < -0.39 is 11.0 Å². The number of rotatable bonds is 5. The lowest BCUT2D eigenvalue weighted by atomic mass is 9.75. The Morgan fingerprint density at radius 1 is 0.724 bits per heavy atom. The molecule has 0 aliphatic carbocycles. The summed E-state index contributed by atoms with van der Waals surface area (Å²) in [6.45, 7) is 3.87. The highest BCUT2D eigenvalue weighted by Gasteiger charge is 2.41. The van der Waals surface area contributed by atoms with E-state index in [9.17, 15) is 5.26 Å². The minimum atomic E-state index is -0.694. The van der Waals surface area contributed by atoms with Crippen LogP contribution in [0.25, 0.3) is 0 Å². The molecule has 0 spiro atoms. The van der Waals surface area contributed by atoms with Crippen molar-refractivity contribution < 1.29 is 0 Å². The Balaban J connectivity index is 2.17. The fourth-order valence-corrected chi connectivity index (χ4v) is 4.04. The van der Waals surface area contributed by atoms with Crippen LogP contribution in [0.4, 0.5) is 0 Å². The van der Waals surface area contributed by atoms with Gasteiger partial charge in [0.25, 0.3) is 0 Å². The Labute approximate surface area is 171 Å². The van der Waals surface area contributed by atoms with Gasteiger partial charge in [-0.05, 0) is 30.5 Å². The summed E-state index contributed by atoms with van der Waals surface area (Å²) in [5.74, 6) is 0. The van der Waals surface area contributed by atoms with Crippen LogP contribution in [0.1, 0.15) is 36.2 Å². The van der Waals surface area contributed by atoms with Crippen LogP contribution in [0, 0.1) is 11.3 Å². The van der Waals surface area contributed by atoms with E-state index in [1.165, 1.54) is 0 Å². The average Bonchev–Trinajstić information content (AvgIpc) is 3.28. The third-order valence-electron chi connectivity index (χ3n) is 5.49. The van der Waals surface area contributed by atoms with Gasteiger partial charge in [0.05, 0.1) is 23.5 Å². The maximum absolute atomic E-state index is 9.88. The number of aromatic nitrogens is 2. The summed E-state index contributed by atoms with van der Waals surface area (Å²) in [4.78, 5) is 4.49. The van der Waals surface area contributed by atoms with Crippen molar-refractivity contribution in [2.45, 2.75) is 24.8 Å². The molecule has 0 bridgehead atoms. The predicted molar refractivity (Wildman–Crippen MR) is 115 cm³/mol. The molecule has 1 heterocycles. The van der Waals surface area contributed by atoms with Crippen molar-refractivity contribution in [2.24, 2.45) is 0 Å². The summed E-state index contributed by atoms with van der Waals surface area (Å²) in [5, 5.41) is 9.88. The Morgan fingerprint density at radius 3 is 1.52 bits per heavy atom. The van der Waals surface area contributed by atoms with Crippen molar-refractivity contribution in [3.63, 3.8) is 0 Å². The molecule has 3 heteroatoms. The van der Waals surface area contributed by atoms with Crippen molar-refractivity contribution in [1.29, 1.82) is 5.26 Å². The van der Waals surface area contributed by atoms with Crippen molar-refractivity contribution in [1.82, 2.24) is 9.55 Å². The van der Waals surface area contributed by atoms with Gasteiger partial charge < -0.3 is 4.57 Å². The molecule has 0 aliphatic rings. The second-order valence-electron chi connectivity index (χ2n) is 7.69. The second-order valence-corrected chi connectivity index (χ2v) is 7.69. The van der Waals surface area contributed by atoms with Crippen LogP contribution in [0.3, 0.4) is 0 Å². The molecule has 29 heavy (non-hydrogen) atoms. The molecule has 4 rings (SSSR count). The van der Waals surface area contributed by atoms with Gasteiger partial charge >= 0.3 is 0 Å². The SMILES string of the molecule is CC(C)(C#N)c1cncn1C(c1ccccc1)(c1ccccc1)c1ccccc1. The van der Waals surface area contributed by atoms with Crippen LogP contribution < -0.4 is 0 Å². The van der Waals surface area contributed by atoms with E-state index in [1.807, 2.05) is 44.6 Å². The topological polar surface area (TPSA) is 41.6 Å². The van der Waals surface area contributed by atoms with Crippen LogP contribution in [0.2, 0.25) is 0 Å². The predicted octanol–water partition coefficient (Wildman–Crippen LogP) is 5.52. The monoisotopic (exact) mass is 377 g/mol. The molecule has 0 amide bonds. The molecule has 3 nitrogen and oxygen atoms in total. The van der Waals surface area contributed by atoms with Crippen molar-refractivity contribution in [3.05, 3.63) is 126 Å². The van der Waals surface area contributed by atoms with E-state index in [0.717, 1.165) is 22.4 Å². The minimum absolute atomic E-state index is 0.649. The number of nitriles is 1. The summed E-state index contributed by atoms with van der Waals surface area (Å²) in [6, 6.07) is 33.7. The van der Waals surface area contributed by atoms with Gasteiger partial charge in [-0.15, -0.1) is 0 Å². The van der Waals surface area contributed by atoms with Gasteiger partial charge in [-0.1, -0.05) is 91.0 Å². The lowest BCUT2D eigenvalue weighted by molar-refractivity contribution is 0.465.